The van der Waals surface area contributed by atoms with Gasteiger partial charge < -0.3 is 15.0 Å². The monoisotopic (exact) mass is 372 g/mol. The summed E-state index contributed by atoms with van der Waals surface area (Å²) < 4.78 is 5.25. The van der Waals surface area contributed by atoms with Gasteiger partial charge in [-0.15, -0.1) is 0 Å². The highest BCUT2D eigenvalue weighted by molar-refractivity contribution is 5.90. The van der Waals surface area contributed by atoms with Crippen LogP contribution in [-0.4, -0.2) is 24.6 Å². The van der Waals surface area contributed by atoms with Crippen LogP contribution in [-0.2, 0) is 17.9 Å². The first-order valence-corrected chi connectivity index (χ1v) is 9.52. The number of amides is 2. The summed E-state index contributed by atoms with van der Waals surface area (Å²) in [5.74, 6) is 0.172. The largest absolute Gasteiger partial charge is 0.380 e. The van der Waals surface area contributed by atoms with E-state index in [1.807, 2.05) is 41.3 Å². The molecule has 2 amide bonds. The van der Waals surface area contributed by atoms with Crippen molar-refractivity contribution in [3.8, 4) is 0 Å². The molecule has 4 rings (SSSR count). The smallest absolute Gasteiger partial charge is 0.322 e. The van der Waals surface area contributed by atoms with Gasteiger partial charge in [-0.3, -0.25) is 0 Å². The fourth-order valence-electron chi connectivity index (χ4n) is 3.85. The van der Waals surface area contributed by atoms with Crippen LogP contribution in [0.1, 0.15) is 28.2 Å². The second-order valence-corrected chi connectivity index (χ2v) is 7.06. The second-order valence-electron chi connectivity index (χ2n) is 7.06. The van der Waals surface area contributed by atoms with Gasteiger partial charge in [0.1, 0.15) is 0 Å². The number of carbonyl (C=O) groups excluding carboxylic acids is 1. The van der Waals surface area contributed by atoms with Crippen LogP contribution in [0.3, 0.4) is 0 Å². The Labute approximate surface area is 165 Å². The van der Waals surface area contributed by atoms with E-state index >= 15 is 0 Å². The molecule has 1 heterocycles. The highest BCUT2D eigenvalue weighted by atomic mass is 16.5. The molecule has 1 atom stereocenters. The highest BCUT2D eigenvalue weighted by Gasteiger charge is 2.29. The number of para-hydroxylation sites is 1. The van der Waals surface area contributed by atoms with Gasteiger partial charge in [0, 0.05) is 37.4 Å². The van der Waals surface area contributed by atoms with Gasteiger partial charge in [-0.1, -0.05) is 72.8 Å². The number of ether oxygens (including phenoxy) is 1. The van der Waals surface area contributed by atoms with Crippen LogP contribution in [0.15, 0.2) is 78.9 Å². The number of methoxy groups -OCH3 is 1. The molecule has 0 saturated carbocycles. The van der Waals surface area contributed by atoms with Crippen molar-refractivity contribution in [3.05, 3.63) is 101 Å². The third-order valence-corrected chi connectivity index (χ3v) is 5.24. The molecule has 142 valence electrons. The molecule has 3 aromatic carbocycles. The van der Waals surface area contributed by atoms with E-state index in [0.29, 0.717) is 19.7 Å². The Morgan fingerprint density at radius 1 is 1.00 bits per heavy atom. The van der Waals surface area contributed by atoms with Crippen molar-refractivity contribution in [1.29, 1.82) is 0 Å². The van der Waals surface area contributed by atoms with Crippen LogP contribution in [0.4, 0.5) is 10.5 Å². The summed E-state index contributed by atoms with van der Waals surface area (Å²) in [6.45, 7) is 1.73. The van der Waals surface area contributed by atoms with Crippen LogP contribution in [0.5, 0.6) is 0 Å². The second kappa shape index (κ2) is 8.28. The average Bonchev–Trinajstić information content (AvgIpc) is 2.75. The molecule has 1 unspecified atom stereocenters. The van der Waals surface area contributed by atoms with Gasteiger partial charge in [0.05, 0.1) is 6.61 Å². The van der Waals surface area contributed by atoms with Crippen molar-refractivity contribution in [1.82, 2.24) is 4.90 Å². The van der Waals surface area contributed by atoms with Gasteiger partial charge in [0.15, 0.2) is 0 Å². The van der Waals surface area contributed by atoms with E-state index < -0.39 is 0 Å². The first-order valence-electron chi connectivity index (χ1n) is 9.52. The predicted octanol–water partition coefficient (Wildman–Crippen LogP) is 5.01. The van der Waals surface area contributed by atoms with E-state index in [2.05, 4.69) is 47.8 Å². The molecule has 0 saturated heterocycles. The maximum Gasteiger partial charge on any atom is 0.322 e. The third kappa shape index (κ3) is 3.78. The zero-order valence-electron chi connectivity index (χ0n) is 16.0. The summed E-state index contributed by atoms with van der Waals surface area (Å²) in [6, 6.07) is 26.5. The van der Waals surface area contributed by atoms with Crippen LogP contribution in [0.2, 0.25) is 0 Å². The lowest BCUT2D eigenvalue weighted by Crippen LogP contribution is -2.41. The predicted molar refractivity (Wildman–Crippen MR) is 111 cm³/mol. The number of benzene rings is 3. The quantitative estimate of drug-likeness (QED) is 0.699. The molecule has 0 aliphatic carbocycles. The topological polar surface area (TPSA) is 41.6 Å². The lowest BCUT2D eigenvalue weighted by molar-refractivity contribution is 0.185. The van der Waals surface area contributed by atoms with Crippen molar-refractivity contribution >= 4 is 11.7 Å². The molecule has 3 aromatic rings. The number of hydrogen-bond acceptors (Lipinski definition) is 2. The number of nitrogens with one attached hydrogen (secondary N) is 1. The Morgan fingerprint density at radius 2 is 1.71 bits per heavy atom. The lowest BCUT2D eigenvalue weighted by Gasteiger charge is -2.35. The summed E-state index contributed by atoms with van der Waals surface area (Å²) in [4.78, 5) is 15.0. The first kappa shape index (κ1) is 18.3. The van der Waals surface area contributed by atoms with Crippen LogP contribution in [0.25, 0.3) is 0 Å². The van der Waals surface area contributed by atoms with Gasteiger partial charge in [0.25, 0.3) is 0 Å². The van der Waals surface area contributed by atoms with Crippen molar-refractivity contribution in [2.75, 3.05) is 19.0 Å². The van der Waals surface area contributed by atoms with Gasteiger partial charge in [-0.2, -0.15) is 0 Å². The summed E-state index contributed by atoms with van der Waals surface area (Å²) in [5, 5.41) is 3.07. The molecular formula is C24H24N2O2. The molecule has 28 heavy (non-hydrogen) atoms. The van der Waals surface area contributed by atoms with E-state index in [1.165, 1.54) is 16.7 Å². The van der Waals surface area contributed by atoms with E-state index in [9.17, 15) is 4.79 Å². The number of anilines is 1. The summed E-state index contributed by atoms with van der Waals surface area (Å²) in [7, 11) is 1.66. The Balaban J connectivity index is 1.60. The minimum atomic E-state index is -0.0843. The minimum Gasteiger partial charge on any atom is -0.380 e. The Bertz CT molecular complexity index is 956. The van der Waals surface area contributed by atoms with Gasteiger partial charge in [-0.05, 0) is 22.8 Å². The number of urea groups is 1. The Morgan fingerprint density at radius 3 is 2.54 bits per heavy atom. The van der Waals surface area contributed by atoms with Crippen LogP contribution < -0.4 is 5.32 Å². The zero-order valence-corrected chi connectivity index (χ0v) is 16.0. The zero-order chi connectivity index (χ0) is 19.3. The molecule has 0 spiro atoms. The van der Waals surface area contributed by atoms with Crippen molar-refractivity contribution in [2.24, 2.45) is 0 Å². The van der Waals surface area contributed by atoms with E-state index in [-0.39, 0.29) is 11.9 Å². The highest BCUT2D eigenvalue weighted by Crippen LogP contribution is 2.33. The summed E-state index contributed by atoms with van der Waals surface area (Å²) in [6.07, 6.45) is 0. The molecule has 0 fully saturated rings. The number of nitrogens with zero attached hydrogens (tertiary/aromatic N) is 1. The normalized spacial score (nSPS) is 15.8. The minimum absolute atomic E-state index is 0.0843. The molecule has 0 bridgehead atoms. The summed E-state index contributed by atoms with van der Waals surface area (Å²) >= 11 is 0. The molecule has 0 radical (unpaired) electrons. The molecule has 0 aromatic heterocycles. The van der Waals surface area contributed by atoms with E-state index in [0.717, 1.165) is 11.3 Å². The SMILES string of the molecule is COCc1ccccc1NC(=O)N1Cc2ccccc2C(c2ccccc2)C1. The standard InChI is InChI=1S/C24H24N2O2/c1-28-17-20-12-6-8-14-23(20)25-24(27)26-15-19-11-5-7-13-21(19)22(16-26)18-9-3-2-4-10-18/h2-14,22H,15-17H2,1H3,(H,25,27). The Kier molecular flexibility index (Phi) is 5.40. The molecule has 4 heteroatoms. The summed E-state index contributed by atoms with van der Waals surface area (Å²) in [5.41, 5.74) is 5.49. The molecule has 1 aliphatic heterocycles. The fraction of sp³-hybridized carbons (Fsp3) is 0.208. The molecule has 4 nitrogen and oxygen atoms in total. The fourth-order valence-corrected chi connectivity index (χ4v) is 3.85. The maximum absolute atomic E-state index is 13.1. The molecule has 1 aliphatic rings. The van der Waals surface area contributed by atoms with Crippen molar-refractivity contribution < 1.29 is 9.53 Å². The average molecular weight is 372 g/mol. The van der Waals surface area contributed by atoms with Gasteiger partial charge in [-0.25, -0.2) is 4.79 Å². The van der Waals surface area contributed by atoms with Crippen LogP contribution >= 0.6 is 0 Å². The van der Waals surface area contributed by atoms with Crippen molar-refractivity contribution in [2.45, 2.75) is 19.1 Å². The van der Waals surface area contributed by atoms with E-state index in [4.69, 9.17) is 4.74 Å². The number of carbonyl (C=O) groups is 1. The maximum atomic E-state index is 13.1. The first-order chi connectivity index (χ1) is 13.8. The third-order valence-electron chi connectivity index (χ3n) is 5.24. The lowest BCUT2D eigenvalue weighted by atomic mass is 9.85. The molecular weight excluding hydrogens is 348 g/mol. The Hall–Kier alpha value is -3.11. The van der Waals surface area contributed by atoms with Crippen molar-refractivity contribution in [3.63, 3.8) is 0 Å². The number of hydrogen-bond donors (Lipinski definition) is 1. The van der Waals surface area contributed by atoms with Gasteiger partial charge in [0.2, 0.25) is 0 Å². The number of fused-ring (bicyclic) bond motifs is 1. The van der Waals surface area contributed by atoms with Gasteiger partial charge >= 0.3 is 6.03 Å². The molecule has 1 N–H and O–H groups in total. The van der Waals surface area contributed by atoms with E-state index in [1.54, 1.807) is 7.11 Å². The van der Waals surface area contributed by atoms with Crippen LogP contribution in [0, 0.1) is 0 Å². The number of rotatable bonds is 4.